The zero-order valence-electron chi connectivity index (χ0n) is 12.6. The van der Waals surface area contributed by atoms with E-state index >= 15 is 0 Å². The van der Waals surface area contributed by atoms with Crippen molar-refractivity contribution < 1.29 is 0 Å². The Morgan fingerprint density at radius 3 is 2.50 bits per heavy atom. The summed E-state index contributed by atoms with van der Waals surface area (Å²) >= 11 is 0. The second-order valence-corrected chi connectivity index (χ2v) is 6.39. The van der Waals surface area contributed by atoms with E-state index in [9.17, 15) is 0 Å². The van der Waals surface area contributed by atoms with E-state index in [4.69, 9.17) is 5.73 Å². The lowest BCUT2D eigenvalue weighted by atomic mass is 10.0. The van der Waals surface area contributed by atoms with E-state index in [0.29, 0.717) is 5.92 Å². The molecule has 1 atom stereocenters. The standard InChI is InChI=1S/C14H28N4/c1-11(2)7-12(15)13-8-16-10-18(13)9-14(3,4)17(5)6/h8,10-12H,7,9,15H2,1-6H3. The smallest absolute Gasteiger partial charge is 0.0949 e. The fourth-order valence-corrected chi connectivity index (χ4v) is 1.96. The minimum Gasteiger partial charge on any atom is -0.331 e. The normalized spacial score (nSPS) is 14.5. The molecule has 1 heterocycles. The Bertz CT molecular complexity index is 366. The summed E-state index contributed by atoms with van der Waals surface area (Å²) in [5.41, 5.74) is 7.49. The summed E-state index contributed by atoms with van der Waals surface area (Å²) in [7, 11) is 4.20. The molecule has 2 N–H and O–H groups in total. The average Bonchev–Trinajstić information content (AvgIpc) is 2.63. The van der Waals surface area contributed by atoms with Crippen molar-refractivity contribution in [2.45, 2.75) is 52.2 Å². The van der Waals surface area contributed by atoms with Gasteiger partial charge in [-0.3, -0.25) is 0 Å². The van der Waals surface area contributed by atoms with E-state index in [1.807, 2.05) is 12.5 Å². The molecule has 0 spiro atoms. The topological polar surface area (TPSA) is 47.1 Å². The molecule has 1 rings (SSSR count). The molecule has 1 aromatic rings. The summed E-state index contributed by atoms with van der Waals surface area (Å²) < 4.78 is 2.19. The number of nitrogens with two attached hydrogens (primary N) is 1. The molecule has 0 amide bonds. The van der Waals surface area contributed by atoms with E-state index in [-0.39, 0.29) is 11.6 Å². The van der Waals surface area contributed by atoms with E-state index in [1.165, 1.54) is 0 Å². The molecule has 0 aliphatic carbocycles. The molecule has 0 bridgehead atoms. The van der Waals surface area contributed by atoms with Crippen molar-refractivity contribution in [1.82, 2.24) is 14.5 Å². The van der Waals surface area contributed by atoms with Crippen LogP contribution in [0.2, 0.25) is 0 Å². The highest BCUT2D eigenvalue weighted by atomic mass is 15.2. The first-order chi connectivity index (χ1) is 8.24. The Balaban J connectivity index is 2.83. The fraction of sp³-hybridized carbons (Fsp3) is 0.786. The van der Waals surface area contributed by atoms with Crippen LogP contribution >= 0.6 is 0 Å². The molecule has 0 aliphatic rings. The van der Waals surface area contributed by atoms with Gasteiger partial charge in [0.1, 0.15) is 0 Å². The predicted molar refractivity (Wildman–Crippen MR) is 76.4 cm³/mol. The lowest BCUT2D eigenvalue weighted by Crippen LogP contribution is -2.42. The number of rotatable bonds is 6. The molecule has 104 valence electrons. The van der Waals surface area contributed by atoms with Crippen molar-refractivity contribution in [2.75, 3.05) is 14.1 Å². The monoisotopic (exact) mass is 252 g/mol. The maximum Gasteiger partial charge on any atom is 0.0949 e. The zero-order chi connectivity index (χ0) is 13.9. The van der Waals surface area contributed by atoms with Crippen LogP contribution in [-0.4, -0.2) is 34.1 Å². The Hall–Kier alpha value is -0.870. The van der Waals surface area contributed by atoms with E-state index in [1.54, 1.807) is 0 Å². The molecule has 0 saturated carbocycles. The number of hydrogen-bond donors (Lipinski definition) is 1. The molecular formula is C14H28N4. The van der Waals surface area contributed by atoms with Crippen LogP contribution < -0.4 is 5.73 Å². The number of aromatic nitrogens is 2. The number of imidazole rings is 1. The van der Waals surface area contributed by atoms with Gasteiger partial charge in [-0.15, -0.1) is 0 Å². The largest absolute Gasteiger partial charge is 0.331 e. The van der Waals surface area contributed by atoms with Gasteiger partial charge in [0.05, 0.1) is 12.0 Å². The first kappa shape index (κ1) is 15.2. The van der Waals surface area contributed by atoms with Crippen LogP contribution in [0.25, 0.3) is 0 Å². The molecule has 0 saturated heterocycles. The highest BCUT2D eigenvalue weighted by Crippen LogP contribution is 2.21. The maximum atomic E-state index is 6.26. The van der Waals surface area contributed by atoms with Crippen molar-refractivity contribution in [2.24, 2.45) is 11.7 Å². The molecule has 0 fully saturated rings. The van der Waals surface area contributed by atoms with Gasteiger partial charge in [0.15, 0.2) is 0 Å². The Morgan fingerprint density at radius 2 is 2.00 bits per heavy atom. The average molecular weight is 252 g/mol. The summed E-state index contributed by atoms with van der Waals surface area (Å²) in [6.07, 6.45) is 4.79. The molecule has 1 unspecified atom stereocenters. The summed E-state index contributed by atoms with van der Waals surface area (Å²) in [6, 6.07) is 0.0745. The molecular weight excluding hydrogens is 224 g/mol. The molecule has 0 aromatic carbocycles. The first-order valence-corrected chi connectivity index (χ1v) is 6.67. The van der Waals surface area contributed by atoms with Crippen LogP contribution in [0, 0.1) is 5.92 Å². The lowest BCUT2D eigenvalue weighted by Gasteiger charge is -2.33. The Morgan fingerprint density at radius 1 is 1.39 bits per heavy atom. The van der Waals surface area contributed by atoms with Crippen LogP contribution in [0.5, 0.6) is 0 Å². The maximum absolute atomic E-state index is 6.26. The van der Waals surface area contributed by atoms with Crippen molar-refractivity contribution in [1.29, 1.82) is 0 Å². The van der Waals surface area contributed by atoms with Gasteiger partial charge in [0.2, 0.25) is 0 Å². The number of nitrogens with zero attached hydrogens (tertiary/aromatic N) is 3. The fourth-order valence-electron chi connectivity index (χ4n) is 1.96. The molecule has 4 heteroatoms. The lowest BCUT2D eigenvalue weighted by molar-refractivity contribution is 0.167. The summed E-state index contributed by atoms with van der Waals surface area (Å²) in [5, 5.41) is 0. The van der Waals surface area contributed by atoms with E-state index in [0.717, 1.165) is 18.7 Å². The SMILES string of the molecule is CC(C)CC(N)c1cncn1CC(C)(C)N(C)C. The van der Waals surface area contributed by atoms with Gasteiger partial charge in [-0.25, -0.2) is 4.98 Å². The third kappa shape index (κ3) is 3.82. The highest BCUT2D eigenvalue weighted by molar-refractivity contribution is 5.05. The van der Waals surface area contributed by atoms with Crippen LogP contribution in [0.15, 0.2) is 12.5 Å². The quantitative estimate of drug-likeness (QED) is 0.845. The number of likely N-dealkylation sites (N-methyl/N-ethyl adjacent to an activating group) is 1. The van der Waals surface area contributed by atoms with Crippen molar-refractivity contribution >= 4 is 0 Å². The Kier molecular flexibility index (Phi) is 4.93. The highest BCUT2D eigenvalue weighted by Gasteiger charge is 2.23. The zero-order valence-corrected chi connectivity index (χ0v) is 12.6. The van der Waals surface area contributed by atoms with Gasteiger partial charge in [-0.2, -0.15) is 0 Å². The van der Waals surface area contributed by atoms with Gasteiger partial charge in [-0.05, 0) is 40.3 Å². The van der Waals surface area contributed by atoms with Gasteiger partial charge >= 0.3 is 0 Å². The summed E-state index contributed by atoms with van der Waals surface area (Å²) in [5.74, 6) is 0.602. The predicted octanol–water partition coefficient (Wildman–Crippen LogP) is 2.27. The van der Waals surface area contributed by atoms with Crippen LogP contribution in [0.4, 0.5) is 0 Å². The van der Waals surface area contributed by atoms with Crippen LogP contribution in [-0.2, 0) is 6.54 Å². The molecule has 18 heavy (non-hydrogen) atoms. The van der Waals surface area contributed by atoms with Gasteiger partial charge in [0.25, 0.3) is 0 Å². The molecule has 0 radical (unpaired) electrons. The van der Waals surface area contributed by atoms with Crippen molar-refractivity contribution in [3.05, 3.63) is 18.2 Å². The van der Waals surface area contributed by atoms with E-state index in [2.05, 4.69) is 56.2 Å². The minimum atomic E-state index is 0.0745. The van der Waals surface area contributed by atoms with Gasteiger partial charge < -0.3 is 15.2 Å². The number of hydrogen-bond acceptors (Lipinski definition) is 3. The van der Waals surface area contributed by atoms with Crippen LogP contribution in [0.3, 0.4) is 0 Å². The third-order valence-corrected chi connectivity index (χ3v) is 3.62. The molecule has 4 nitrogen and oxygen atoms in total. The second-order valence-electron chi connectivity index (χ2n) is 6.39. The second kappa shape index (κ2) is 5.85. The van der Waals surface area contributed by atoms with Crippen molar-refractivity contribution in [3.8, 4) is 0 Å². The first-order valence-electron chi connectivity index (χ1n) is 6.67. The summed E-state index contributed by atoms with van der Waals surface area (Å²) in [4.78, 5) is 6.49. The van der Waals surface area contributed by atoms with Crippen LogP contribution in [0.1, 0.15) is 45.9 Å². The summed E-state index contributed by atoms with van der Waals surface area (Å²) in [6.45, 7) is 9.76. The van der Waals surface area contributed by atoms with Gasteiger partial charge in [-0.1, -0.05) is 13.8 Å². The molecule has 0 aliphatic heterocycles. The Labute approximate surface area is 111 Å². The third-order valence-electron chi connectivity index (χ3n) is 3.62. The van der Waals surface area contributed by atoms with E-state index < -0.39 is 0 Å². The van der Waals surface area contributed by atoms with Crippen molar-refractivity contribution in [3.63, 3.8) is 0 Å². The minimum absolute atomic E-state index is 0.0745. The van der Waals surface area contributed by atoms with Gasteiger partial charge in [0, 0.05) is 24.3 Å². The molecule has 1 aromatic heterocycles.